The summed E-state index contributed by atoms with van der Waals surface area (Å²) in [5.74, 6) is 0.518. The van der Waals surface area contributed by atoms with Gasteiger partial charge in [0, 0.05) is 36.7 Å². The predicted octanol–water partition coefficient (Wildman–Crippen LogP) is 2.90. The number of rotatable bonds is 5. The minimum atomic E-state index is -0.0661. The van der Waals surface area contributed by atoms with Gasteiger partial charge in [0.2, 0.25) is 5.91 Å². The molecule has 0 saturated heterocycles. The van der Waals surface area contributed by atoms with Crippen molar-refractivity contribution in [2.75, 3.05) is 0 Å². The third-order valence-electron chi connectivity index (χ3n) is 4.93. The molecule has 7 heteroatoms. The zero-order chi connectivity index (χ0) is 18.6. The van der Waals surface area contributed by atoms with Gasteiger partial charge in [0.05, 0.1) is 5.39 Å². The van der Waals surface area contributed by atoms with Crippen molar-refractivity contribution in [2.24, 2.45) is 0 Å². The molecular formula is C20H22N4O2S. The summed E-state index contributed by atoms with van der Waals surface area (Å²) in [7, 11) is 0. The number of aromatic nitrogens is 3. The first-order valence-electron chi connectivity index (χ1n) is 9.40. The van der Waals surface area contributed by atoms with Crippen molar-refractivity contribution < 1.29 is 4.79 Å². The first-order valence-corrected chi connectivity index (χ1v) is 10.2. The lowest BCUT2D eigenvalue weighted by Gasteiger charge is -2.05. The Bertz CT molecular complexity index is 1010. The number of nitrogens with one attached hydrogen (secondary N) is 2. The summed E-state index contributed by atoms with van der Waals surface area (Å²) in [6, 6.07) is 3.76. The average molecular weight is 382 g/mol. The number of pyridine rings is 1. The van der Waals surface area contributed by atoms with Gasteiger partial charge in [-0.15, -0.1) is 11.3 Å². The molecule has 3 aromatic heterocycles. The zero-order valence-corrected chi connectivity index (χ0v) is 15.9. The predicted molar refractivity (Wildman–Crippen MR) is 106 cm³/mol. The molecule has 0 fully saturated rings. The van der Waals surface area contributed by atoms with Gasteiger partial charge in [-0.2, -0.15) is 0 Å². The van der Waals surface area contributed by atoms with E-state index in [-0.39, 0.29) is 11.5 Å². The second-order valence-corrected chi connectivity index (χ2v) is 7.98. The van der Waals surface area contributed by atoms with Crippen molar-refractivity contribution in [2.45, 2.75) is 51.5 Å². The Labute approximate surface area is 161 Å². The van der Waals surface area contributed by atoms with E-state index < -0.39 is 0 Å². The number of carbonyl (C=O) groups is 1. The maximum atomic E-state index is 12.6. The van der Waals surface area contributed by atoms with Crippen molar-refractivity contribution in [1.82, 2.24) is 20.3 Å². The highest BCUT2D eigenvalue weighted by atomic mass is 32.1. The molecular weight excluding hydrogens is 360 g/mol. The fourth-order valence-electron chi connectivity index (χ4n) is 3.53. The molecule has 0 atom stereocenters. The third-order valence-corrected chi connectivity index (χ3v) is 6.11. The summed E-state index contributed by atoms with van der Waals surface area (Å²) in [5, 5.41) is 3.64. The molecule has 1 aliphatic rings. The normalized spacial score (nSPS) is 13.9. The second kappa shape index (κ2) is 8.00. The van der Waals surface area contributed by atoms with Gasteiger partial charge in [0.1, 0.15) is 10.7 Å². The fraction of sp³-hybridized carbons (Fsp3) is 0.400. The minimum Gasteiger partial charge on any atom is -0.352 e. The Morgan fingerprint density at radius 2 is 2.15 bits per heavy atom. The lowest BCUT2D eigenvalue weighted by molar-refractivity contribution is -0.121. The van der Waals surface area contributed by atoms with E-state index in [4.69, 9.17) is 0 Å². The summed E-state index contributed by atoms with van der Waals surface area (Å²) >= 11 is 1.64. The van der Waals surface area contributed by atoms with Crippen LogP contribution >= 0.6 is 11.3 Å². The van der Waals surface area contributed by atoms with Crippen LogP contribution < -0.4 is 10.9 Å². The quantitative estimate of drug-likeness (QED) is 0.664. The molecule has 140 valence electrons. The van der Waals surface area contributed by atoms with Gasteiger partial charge in [0.15, 0.2) is 0 Å². The third kappa shape index (κ3) is 4.08. The number of aryl methyl sites for hydroxylation is 3. The van der Waals surface area contributed by atoms with Crippen LogP contribution in [0.4, 0.5) is 0 Å². The zero-order valence-electron chi connectivity index (χ0n) is 15.1. The van der Waals surface area contributed by atoms with E-state index in [9.17, 15) is 9.59 Å². The molecule has 3 heterocycles. The van der Waals surface area contributed by atoms with Crippen LogP contribution in [-0.2, 0) is 30.6 Å². The monoisotopic (exact) mass is 382 g/mol. The van der Waals surface area contributed by atoms with Crippen molar-refractivity contribution in [3.8, 4) is 0 Å². The first-order chi connectivity index (χ1) is 13.2. The minimum absolute atomic E-state index is 0.0647. The Morgan fingerprint density at radius 3 is 3.00 bits per heavy atom. The summed E-state index contributed by atoms with van der Waals surface area (Å²) in [4.78, 5) is 38.4. The van der Waals surface area contributed by atoms with Crippen molar-refractivity contribution in [3.05, 3.63) is 56.7 Å². The van der Waals surface area contributed by atoms with Crippen LogP contribution in [0.5, 0.6) is 0 Å². The molecule has 4 rings (SSSR count). The molecule has 6 nitrogen and oxygen atoms in total. The van der Waals surface area contributed by atoms with Crippen LogP contribution in [0.25, 0.3) is 10.2 Å². The molecule has 0 aliphatic heterocycles. The fourth-order valence-corrected chi connectivity index (χ4v) is 4.81. The van der Waals surface area contributed by atoms with Crippen molar-refractivity contribution >= 4 is 27.5 Å². The maximum Gasteiger partial charge on any atom is 0.259 e. The topological polar surface area (TPSA) is 87.7 Å². The number of H-pyrrole nitrogens is 1. The van der Waals surface area contributed by atoms with Crippen LogP contribution in [0, 0.1) is 0 Å². The molecule has 0 aromatic carbocycles. The van der Waals surface area contributed by atoms with Crippen LogP contribution in [0.15, 0.2) is 29.3 Å². The highest BCUT2D eigenvalue weighted by Crippen LogP contribution is 2.32. The Balaban J connectivity index is 1.43. The number of hydrogen-bond acceptors (Lipinski definition) is 5. The Hall–Kier alpha value is -2.54. The molecule has 27 heavy (non-hydrogen) atoms. The van der Waals surface area contributed by atoms with E-state index in [0.29, 0.717) is 25.2 Å². The van der Waals surface area contributed by atoms with E-state index in [1.807, 2.05) is 12.1 Å². The summed E-state index contributed by atoms with van der Waals surface area (Å²) in [6.45, 7) is 0.452. The second-order valence-electron chi connectivity index (χ2n) is 6.90. The maximum absolute atomic E-state index is 12.6. The van der Waals surface area contributed by atoms with E-state index in [2.05, 4.69) is 20.3 Å². The Kier molecular flexibility index (Phi) is 5.29. The van der Waals surface area contributed by atoms with Crippen molar-refractivity contribution in [1.29, 1.82) is 0 Å². The first kappa shape index (κ1) is 17.9. The number of amides is 1. The van der Waals surface area contributed by atoms with Crippen LogP contribution in [0.3, 0.4) is 0 Å². The molecule has 0 radical (unpaired) electrons. The van der Waals surface area contributed by atoms with Crippen LogP contribution in [0.2, 0.25) is 0 Å². The SMILES string of the molecule is O=C(CCc1nc2sc3c(c2c(=O)[nH]1)CCCCC3)NCc1cccnc1. The van der Waals surface area contributed by atoms with Gasteiger partial charge in [-0.3, -0.25) is 14.6 Å². The lowest BCUT2D eigenvalue weighted by Crippen LogP contribution is -2.23. The molecule has 0 unspecified atom stereocenters. The summed E-state index contributed by atoms with van der Waals surface area (Å²) in [6.07, 6.45) is 9.70. The lowest BCUT2D eigenvalue weighted by atomic mass is 10.1. The molecule has 1 aliphatic carbocycles. The van der Waals surface area contributed by atoms with E-state index in [0.717, 1.165) is 35.0 Å². The summed E-state index contributed by atoms with van der Waals surface area (Å²) < 4.78 is 0. The number of aromatic amines is 1. The molecule has 0 saturated carbocycles. The van der Waals surface area contributed by atoms with Gasteiger partial charge in [-0.05, 0) is 42.9 Å². The van der Waals surface area contributed by atoms with Gasteiger partial charge in [-0.1, -0.05) is 12.5 Å². The highest BCUT2D eigenvalue weighted by Gasteiger charge is 2.19. The van der Waals surface area contributed by atoms with E-state index in [1.54, 1.807) is 23.7 Å². The standard InChI is InChI=1S/C20H22N4O2S/c25-17(22-12-13-5-4-10-21-11-13)9-8-16-23-19(26)18-14-6-2-1-3-7-15(14)27-20(18)24-16/h4-5,10-11H,1-3,6-9,12H2,(H,22,25)(H,23,24,26). The molecule has 2 N–H and O–H groups in total. The average Bonchev–Trinajstić information content (AvgIpc) is 2.87. The van der Waals surface area contributed by atoms with E-state index >= 15 is 0 Å². The van der Waals surface area contributed by atoms with Crippen LogP contribution in [0.1, 0.15) is 47.5 Å². The highest BCUT2D eigenvalue weighted by molar-refractivity contribution is 7.18. The molecule has 3 aromatic rings. The van der Waals surface area contributed by atoms with E-state index in [1.165, 1.54) is 23.3 Å². The van der Waals surface area contributed by atoms with Crippen molar-refractivity contribution in [3.63, 3.8) is 0 Å². The Morgan fingerprint density at radius 1 is 1.26 bits per heavy atom. The number of nitrogens with zero attached hydrogens (tertiary/aromatic N) is 2. The van der Waals surface area contributed by atoms with Gasteiger partial charge in [-0.25, -0.2) is 4.98 Å². The summed E-state index contributed by atoms with van der Waals surface area (Å²) in [5.41, 5.74) is 2.09. The number of thiophene rings is 1. The largest absolute Gasteiger partial charge is 0.352 e. The molecule has 0 spiro atoms. The van der Waals surface area contributed by atoms with Gasteiger partial charge in [0.25, 0.3) is 5.56 Å². The van der Waals surface area contributed by atoms with Gasteiger partial charge < -0.3 is 10.3 Å². The molecule has 0 bridgehead atoms. The number of fused-ring (bicyclic) bond motifs is 3. The number of carbonyl (C=O) groups excluding carboxylic acids is 1. The smallest absolute Gasteiger partial charge is 0.259 e. The van der Waals surface area contributed by atoms with Crippen LogP contribution in [-0.4, -0.2) is 20.9 Å². The number of hydrogen-bond donors (Lipinski definition) is 2. The molecule has 1 amide bonds. The van der Waals surface area contributed by atoms with Gasteiger partial charge >= 0.3 is 0 Å².